The minimum absolute atomic E-state index is 0.271. The Morgan fingerprint density at radius 2 is 1.80 bits per heavy atom. The normalized spacial score (nSPS) is 12.2. The van der Waals surface area contributed by atoms with Crippen molar-refractivity contribution in [1.29, 1.82) is 0 Å². The van der Waals surface area contributed by atoms with Crippen molar-refractivity contribution in [3.63, 3.8) is 0 Å². The van der Waals surface area contributed by atoms with E-state index in [1.54, 1.807) is 0 Å². The molecule has 2 aromatic rings. The second kappa shape index (κ2) is 5.63. The summed E-state index contributed by atoms with van der Waals surface area (Å²) in [6.45, 7) is 0. The molecule has 1 aliphatic carbocycles. The largest absolute Gasteiger partial charge is 0.315 e. The molecule has 0 heterocycles. The van der Waals surface area contributed by atoms with Gasteiger partial charge in [0.05, 0.1) is 0 Å². The zero-order chi connectivity index (χ0) is 13.8. The Morgan fingerprint density at radius 1 is 1.00 bits per heavy atom. The number of nitrogens with one attached hydrogen (secondary N) is 1. The van der Waals surface area contributed by atoms with E-state index >= 15 is 0 Å². The van der Waals surface area contributed by atoms with E-state index in [2.05, 4.69) is 29.3 Å². The van der Waals surface area contributed by atoms with Crippen LogP contribution in [0.3, 0.4) is 0 Å². The van der Waals surface area contributed by atoms with E-state index in [1.165, 1.54) is 17.5 Å². The van der Waals surface area contributed by atoms with Crippen molar-refractivity contribution in [3.8, 4) is 11.8 Å². The highest BCUT2D eigenvalue weighted by molar-refractivity contribution is 6.04. The van der Waals surface area contributed by atoms with Gasteiger partial charge in [-0.3, -0.25) is 4.79 Å². The van der Waals surface area contributed by atoms with Crippen LogP contribution in [0.4, 0.5) is 5.69 Å². The molecule has 0 atom stereocenters. The molecule has 3 rings (SSSR count). The highest BCUT2D eigenvalue weighted by atomic mass is 16.1. The van der Waals surface area contributed by atoms with Gasteiger partial charge in [0.25, 0.3) is 0 Å². The number of aryl methyl sites for hydroxylation is 2. The van der Waals surface area contributed by atoms with Crippen LogP contribution in [0.5, 0.6) is 0 Å². The molecule has 0 saturated heterocycles. The molecule has 0 fully saturated rings. The summed E-state index contributed by atoms with van der Waals surface area (Å²) in [7, 11) is 0. The Balaban J connectivity index is 1.69. The fourth-order valence-electron chi connectivity index (χ4n) is 2.46. The number of carbonyl (C=O) groups is 1. The van der Waals surface area contributed by atoms with Crippen molar-refractivity contribution in [3.05, 3.63) is 65.2 Å². The van der Waals surface area contributed by atoms with E-state index in [0.29, 0.717) is 0 Å². The molecule has 1 amide bonds. The van der Waals surface area contributed by atoms with Gasteiger partial charge in [0, 0.05) is 17.2 Å². The zero-order valence-electron chi connectivity index (χ0n) is 11.1. The Bertz CT molecular complexity index is 692. The van der Waals surface area contributed by atoms with Crippen molar-refractivity contribution in [2.75, 3.05) is 5.32 Å². The minimum Gasteiger partial charge on any atom is -0.315 e. The first-order valence-corrected chi connectivity index (χ1v) is 6.81. The average Bonchev–Trinajstić information content (AvgIpc) is 2.94. The number of benzene rings is 2. The number of fused-ring (bicyclic) bond motifs is 1. The second-order valence-corrected chi connectivity index (χ2v) is 4.91. The first-order chi connectivity index (χ1) is 9.81. The van der Waals surface area contributed by atoms with Gasteiger partial charge in [-0.1, -0.05) is 30.2 Å². The Hall–Kier alpha value is -2.53. The van der Waals surface area contributed by atoms with Gasteiger partial charge in [0.1, 0.15) is 0 Å². The van der Waals surface area contributed by atoms with E-state index in [4.69, 9.17) is 0 Å². The fraction of sp³-hybridized carbons (Fsp3) is 0.167. The molecule has 0 spiro atoms. The summed E-state index contributed by atoms with van der Waals surface area (Å²) in [4.78, 5) is 11.8. The molecule has 1 N–H and O–H groups in total. The molecule has 2 aromatic carbocycles. The van der Waals surface area contributed by atoms with Crippen LogP contribution in [0, 0.1) is 11.8 Å². The summed E-state index contributed by atoms with van der Waals surface area (Å²) < 4.78 is 0. The predicted octanol–water partition coefficient (Wildman–Crippen LogP) is 3.17. The number of carbonyl (C=O) groups excluding carboxylic acids is 1. The fourth-order valence-corrected chi connectivity index (χ4v) is 2.46. The molecule has 0 radical (unpaired) electrons. The van der Waals surface area contributed by atoms with Crippen molar-refractivity contribution in [2.45, 2.75) is 19.3 Å². The monoisotopic (exact) mass is 261 g/mol. The molecule has 2 heteroatoms. The van der Waals surface area contributed by atoms with Gasteiger partial charge in [0.15, 0.2) is 0 Å². The lowest BCUT2D eigenvalue weighted by atomic mass is 10.1. The average molecular weight is 261 g/mol. The van der Waals surface area contributed by atoms with Crippen molar-refractivity contribution in [1.82, 2.24) is 0 Å². The molecule has 1 aliphatic rings. The molecular weight excluding hydrogens is 246 g/mol. The summed E-state index contributed by atoms with van der Waals surface area (Å²) in [5.41, 5.74) is 4.42. The van der Waals surface area contributed by atoms with E-state index < -0.39 is 0 Å². The van der Waals surface area contributed by atoms with Gasteiger partial charge in [-0.25, -0.2) is 0 Å². The lowest BCUT2D eigenvalue weighted by Crippen LogP contribution is -2.08. The van der Waals surface area contributed by atoms with Crippen LogP contribution in [-0.2, 0) is 17.6 Å². The number of amides is 1. The van der Waals surface area contributed by atoms with Crippen LogP contribution in [0.15, 0.2) is 48.5 Å². The number of hydrogen-bond donors (Lipinski definition) is 1. The summed E-state index contributed by atoms with van der Waals surface area (Å²) in [6, 6.07) is 15.6. The molecule has 2 nitrogen and oxygen atoms in total. The van der Waals surface area contributed by atoms with Crippen molar-refractivity contribution >= 4 is 11.6 Å². The highest BCUT2D eigenvalue weighted by Crippen LogP contribution is 2.24. The third-order valence-corrected chi connectivity index (χ3v) is 3.45. The lowest BCUT2D eigenvalue weighted by molar-refractivity contribution is -0.111. The van der Waals surface area contributed by atoms with Crippen molar-refractivity contribution < 1.29 is 4.79 Å². The summed E-state index contributed by atoms with van der Waals surface area (Å²) in [5.74, 6) is 5.20. The van der Waals surface area contributed by atoms with Crippen LogP contribution < -0.4 is 5.32 Å². The SMILES string of the molecule is O=C(C#Cc1ccccc1)Nc1ccc2c(c1)CCC2. The van der Waals surface area contributed by atoms with Crippen LogP contribution in [0.1, 0.15) is 23.1 Å². The van der Waals surface area contributed by atoms with Crippen LogP contribution in [0.2, 0.25) is 0 Å². The van der Waals surface area contributed by atoms with E-state index in [1.807, 2.05) is 36.4 Å². The third kappa shape index (κ3) is 2.89. The van der Waals surface area contributed by atoms with Gasteiger partial charge in [-0.05, 0) is 54.7 Å². The first-order valence-electron chi connectivity index (χ1n) is 6.81. The Labute approximate surface area is 118 Å². The minimum atomic E-state index is -0.271. The summed E-state index contributed by atoms with van der Waals surface area (Å²) >= 11 is 0. The number of rotatable bonds is 1. The molecule has 0 aliphatic heterocycles. The number of anilines is 1. The van der Waals surface area contributed by atoms with Gasteiger partial charge >= 0.3 is 5.91 Å². The smallest absolute Gasteiger partial charge is 0.300 e. The van der Waals surface area contributed by atoms with Gasteiger partial charge in [0.2, 0.25) is 0 Å². The Morgan fingerprint density at radius 3 is 2.65 bits per heavy atom. The Kier molecular flexibility index (Phi) is 3.52. The van der Waals surface area contributed by atoms with Gasteiger partial charge in [-0.15, -0.1) is 0 Å². The van der Waals surface area contributed by atoms with E-state index in [0.717, 1.165) is 24.1 Å². The van der Waals surface area contributed by atoms with Crippen LogP contribution >= 0.6 is 0 Å². The second-order valence-electron chi connectivity index (χ2n) is 4.91. The molecule has 20 heavy (non-hydrogen) atoms. The van der Waals surface area contributed by atoms with E-state index in [-0.39, 0.29) is 5.91 Å². The molecular formula is C18H15NO. The maximum absolute atomic E-state index is 11.8. The molecule has 0 unspecified atom stereocenters. The third-order valence-electron chi connectivity index (χ3n) is 3.45. The van der Waals surface area contributed by atoms with Gasteiger partial charge < -0.3 is 5.32 Å². The zero-order valence-corrected chi connectivity index (χ0v) is 11.1. The van der Waals surface area contributed by atoms with E-state index in [9.17, 15) is 4.79 Å². The maximum Gasteiger partial charge on any atom is 0.300 e. The van der Waals surface area contributed by atoms with Crippen LogP contribution in [-0.4, -0.2) is 5.91 Å². The maximum atomic E-state index is 11.8. The number of hydrogen-bond acceptors (Lipinski definition) is 1. The first kappa shape index (κ1) is 12.5. The standard InChI is InChI=1S/C18H15NO/c20-18(12-9-14-5-2-1-3-6-14)19-17-11-10-15-7-4-8-16(15)13-17/h1-3,5-6,10-11,13H,4,7-8H2,(H,19,20). The highest BCUT2D eigenvalue weighted by Gasteiger charge is 2.11. The molecule has 0 aromatic heterocycles. The summed E-state index contributed by atoms with van der Waals surface area (Å²) in [5, 5.41) is 2.83. The van der Waals surface area contributed by atoms with Gasteiger partial charge in [-0.2, -0.15) is 0 Å². The summed E-state index contributed by atoms with van der Waals surface area (Å²) in [6.07, 6.45) is 3.46. The predicted molar refractivity (Wildman–Crippen MR) is 80.4 cm³/mol. The van der Waals surface area contributed by atoms with Crippen LogP contribution in [0.25, 0.3) is 0 Å². The molecule has 0 bridgehead atoms. The lowest BCUT2D eigenvalue weighted by Gasteiger charge is -2.04. The molecule has 0 saturated carbocycles. The van der Waals surface area contributed by atoms with Crippen molar-refractivity contribution in [2.24, 2.45) is 0 Å². The quantitative estimate of drug-likeness (QED) is 0.785. The topological polar surface area (TPSA) is 29.1 Å². The molecule has 98 valence electrons.